The van der Waals surface area contributed by atoms with Gasteiger partial charge >= 0.3 is 6.18 Å². The Balaban J connectivity index is 0.00000101. The normalized spacial score (nSPS) is 19.4. The SMILES string of the molecule is C=CC.CC(C)=NN1C(N2CCN(C)CC2)=Nc2cc(Cl)c(C(F)(F)F)cc2C1C. The van der Waals surface area contributed by atoms with Crippen molar-refractivity contribution < 1.29 is 13.2 Å². The monoisotopic (exact) mass is 443 g/mol. The number of hydrogen-bond acceptors (Lipinski definition) is 5. The number of likely N-dealkylation sites (N-methyl/N-ethyl adjacent to an activating group) is 1. The van der Waals surface area contributed by atoms with Gasteiger partial charge in [-0.15, -0.1) is 6.58 Å². The molecule has 166 valence electrons. The van der Waals surface area contributed by atoms with Crippen LogP contribution >= 0.6 is 11.6 Å². The van der Waals surface area contributed by atoms with Crippen molar-refractivity contribution in [2.45, 2.75) is 39.9 Å². The molecule has 0 radical (unpaired) electrons. The first-order valence-electron chi connectivity index (χ1n) is 9.80. The molecule has 5 nitrogen and oxygen atoms in total. The van der Waals surface area contributed by atoms with E-state index in [0.717, 1.165) is 38.0 Å². The molecule has 1 unspecified atom stereocenters. The van der Waals surface area contributed by atoms with Gasteiger partial charge in [-0.3, -0.25) is 0 Å². The molecule has 1 atom stereocenters. The van der Waals surface area contributed by atoms with Gasteiger partial charge in [-0.25, -0.2) is 10.0 Å². The summed E-state index contributed by atoms with van der Waals surface area (Å²) in [6, 6.07) is 2.02. The zero-order valence-electron chi connectivity index (χ0n) is 18.1. The van der Waals surface area contributed by atoms with Crippen LogP contribution in [0, 0.1) is 0 Å². The number of fused-ring (bicyclic) bond motifs is 1. The van der Waals surface area contributed by atoms with Crippen LogP contribution in [0.2, 0.25) is 5.02 Å². The number of halogens is 4. The van der Waals surface area contributed by atoms with Crippen LogP contribution < -0.4 is 0 Å². The molecule has 0 amide bonds. The summed E-state index contributed by atoms with van der Waals surface area (Å²) < 4.78 is 39.8. The van der Waals surface area contributed by atoms with Crippen LogP contribution in [0.1, 0.15) is 44.9 Å². The van der Waals surface area contributed by atoms with Crippen molar-refractivity contribution in [3.8, 4) is 0 Å². The molecule has 30 heavy (non-hydrogen) atoms. The predicted octanol–water partition coefficient (Wildman–Crippen LogP) is 5.56. The van der Waals surface area contributed by atoms with Crippen molar-refractivity contribution in [3.63, 3.8) is 0 Å². The second-order valence-corrected chi connectivity index (χ2v) is 7.97. The largest absolute Gasteiger partial charge is 0.417 e. The van der Waals surface area contributed by atoms with Crippen molar-refractivity contribution in [3.05, 3.63) is 40.9 Å². The minimum Gasteiger partial charge on any atom is -0.338 e. The van der Waals surface area contributed by atoms with Gasteiger partial charge in [0.25, 0.3) is 0 Å². The van der Waals surface area contributed by atoms with Crippen molar-refractivity contribution >= 4 is 29.0 Å². The summed E-state index contributed by atoms with van der Waals surface area (Å²) in [6.07, 6.45) is -2.76. The molecule has 0 aromatic heterocycles. The first-order chi connectivity index (χ1) is 14.0. The fraction of sp³-hybridized carbons (Fsp3) is 0.524. The number of hydrazone groups is 1. The molecule has 0 aliphatic carbocycles. The number of nitrogens with zero attached hydrogens (tertiary/aromatic N) is 5. The maximum atomic E-state index is 13.3. The Labute approximate surface area is 181 Å². The summed E-state index contributed by atoms with van der Waals surface area (Å²) in [4.78, 5) is 9.00. The van der Waals surface area contributed by atoms with Crippen LogP contribution in [0.4, 0.5) is 18.9 Å². The average molecular weight is 444 g/mol. The van der Waals surface area contributed by atoms with Crippen molar-refractivity contribution in [2.75, 3.05) is 33.2 Å². The third-order valence-corrected chi connectivity index (χ3v) is 5.07. The summed E-state index contributed by atoms with van der Waals surface area (Å²) >= 11 is 5.92. The van der Waals surface area contributed by atoms with Crippen LogP contribution in [-0.4, -0.2) is 59.7 Å². The van der Waals surface area contributed by atoms with E-state index in [9.17, 15) is 13.2 Å². The Morgan fingerprint density at radius 1 is 1.23 bits per heavy atom. The summed E-state index contributed by atoms with van der Waals surface area (Å²) in [5.74, 6) is 0.653. The third-order valence-electron chi connectivity index (χ3n) is 4.76. The third kappa shape index (κ3) is 5.55. The van der Waals surface area contributed by atoms with E-state index in [1.807, 2.05) is 27.7 Å². The number of benzene rings is 1. The second-order valence-electron chi connectivity index (χ2n) is 7.57. The number of alkyl halides is 3. The van der Waals surface area contributed by atoms with E-state index in [0.29, 0.717) is 17.2 Å². The highest BCUT2D eigenvalue weighted by Gasteiger charge is 2.37. The number of guanidine groups is 1. The summed E-state index contributed by atoms with van der Waals surface area (Å²) in [6.45, 7) is 14.1. The van der Waals surface area contributed by atoms with Gasteiger partial charge in [0, 0.05) is 37.5 Å². The quantitative estimate of drug-likeness (QED) is 0.421. The predicted molar refractivity (Wildman–Crippen MR) is 118 cm³/mol. The molecule has 1 saturated heterocycles. The van der Waals surface area contributed by atoms with Gasteiger partial charge in [-0.1, -0.05) is 17.7 Å². The molecule has 0 spiro atoms. The minimum atomic E-state index is -4.51. The van der Waals surface area contributed by atoms with Gasteiger partial charge in [-0.05, 0) is 46.9 Å². The summed E-state index contributed by atoms with van der Waals surface area (Å²) in [7, 11) is 2.06. The molecule has 1 aromatic rings. The first kappa shape index (κ1) is 24.2. The van der Waals surface area contributed by atoms with E-state index < -0.39 is 11.7 Å². The van der Waals surface area contributed by atoms with Crippen molar-refractivity contribution in [1.29, 1.82) is 0 Å². The van der Waals surface area contributed by atoms with Gasteiger partial charge in [0.05, 0.1) is 22.3 Å². The van der Waals surface area contributed by atoms with Crippen LogP contribution in [0.25, 0.3) is 0 Å². The fourth-order valence-corrected chi connectivity index (χ4v) is 3.53. The standard InChI is InChI=1S/C18H23ClF3N5.C3H6/c1-11(2)24-27-12(3)13-9-14(18(20,21)22)15(19)10-16(13)23-17(27)26-7-5-25(4)6-8-26;1-3-2/h9-10,12H,5-8H2,1-4H3;3H,1H2,2H3. The number of allylic oxidation sites excluding steroid dienone is 1. The Morgan fingerprint density at radius 3 is 2.30 bits per heavy atom. The molecule has 1 aromatic carbocycles. The van der Waals surface area contributed by atoms with Gasteiger partial charge in [0.1, 0.15) is 0 Å². The molecule has 1 fully saturated rings. The Bertz CT molecular complexity index is 823. The molecule has 2 aliphatic rings. The Kier molecular flexibility index (Phi) is 7.93. The highest BCUT2D eigenvalue weighted by molar-refractivity contribution is 6.31. The van der Waals surface area contributed by atoms with Crippen molar-refractivity contribution in [2.24, 2.45) is 10.1 Å². The zero-order valence-corrected chi connectivity index (χ0v) is 18.8. The number of piperazine rings is 1. The molecule has 9 heteroatoms. The van der Waals surface area contributed by atoms with Gasteiger partial charge in [0.15, 0.2) is 0 Å². The number of aliphatic imine (C=N–C) groups is 1. The van der Waals surface area contributed by atoms with Crippen LogP contribution in [0.3, 0.4) is 0 Å². The molecule has 0 saturated carbocycles. The van der Waals surface area contributed by atoms with Gasteiger partial charge in [0.2, 0.25) is 5.96 Å². The van der Waals surface area contributed by atoms with E-state index in [1.54, 1.807) is 11.1 Å². The molecule has 2 aliphatic heterocycles. The topological polar surface area (TPSA) is 34.4 Å². The summed E-state index contributed by atoms with van der Waals surface area (Å²) in [5, 5.41) is 5.94. The lowest BCUT2D eigenvalue weighted by atomic mass is 10.0. The number of hydrogen-bond donors (Lipinski definition) is 0. The molecular formula is C21H29ClF3N5. The molecule has 0 N–H and O–H groups in total. The van der Waals surface area contributed by atoms with E-state index >= 15 is 0 Å². The lowest BCUT2D eigenvalue weighted by Crippen LogP contribution is -2.52. The highest BCUT2D eigenvalue weighted by atomic mass is 35.5. The van der Waals surface area contributed by atoms with Crippen LogP contribution in [0.5, 0.6) is 0 Å². The van der Waals surface area contributed by atoms with Gasteiger partial charge < -0.3 is 9.80 Å². The first-order valence-corrected chi connectivity index (χ1v) is 10.2. The lowest BCUT2D eigenvalue weighted by Gasteiger charge is -2.41. The van der Waals surface area contributed by atoms with Crippen molar-refractivity contribution in [1.82, 2.24) is 14.8 Å². The van der Waals surface area contributed by atoms with E-state index in [1.165, 1.54) is 6.07 Å². The highest BCUT2D eigenvalue weighted by Crippen LogP contribution is 2.43. The minimum absolute atomic E-state index is 0.335. The molecule has 2 heterocycles. The Hall–Kier alpha value is -2.06. The lowest BCUT2D eigenvalue weighted by molar-refractivity contribution is -0.137. The maximum Gasteiger partial charge on any atom is 0.417 e. The average Bonchev–Trinajstić information content (AvgIpc) is 2.63. The smallest absolute Gasteiger partial charge is 0.338 e. The Morgan fingerprint density at radius 2 is 1.80 bits per heavy atom. The van der Waals surface area contributed by atoms with E-state index in [4.69, 9.17) is 11.6 Å². The second kappa shape index (κ2) is 9.83. The van der Waals surface area contributed by atoms with E-state index in [-0.39, 0.29) is 11.1 Å². The molecule has 3 rings (SSSR count). The number of rotatable bonds is 1. The van der Waals surface area contributed by atoms with Gasteiger partial charge in [-0.2, -0.15) is 18.3 Å². The summed E-state index contributed by atoms with van der Waals surface area (Å²) in [5.41, 5.74) is 0.895. The van der Waals surface area contributed by atoms with Crippen LogP contribution in [0.15, 0.2) is 34.9 Å². The molecular weight excluding hydrogens is 415 g/mol. The van der Waals surface area contributed by atoms with E-state index in [2.05, 4.69) is 33.5 Å². The fourth-order valence-electron chi connectivity index (χ4n) is 3.26. The molecule has 0 bridgehead atoms. The zero-order chi connectivity index (χ0) is 22.6. The maximum absolute atomic E-state index is 13.3. The van der Waals surface area contributed by atoms with Crippen LogP contribution in [-0.2, 0) is 6.18 Å².